The first kappa shape index (κ1) is 18.8. The van der Waals surface area contributed by atoms with Crippen LogP contribution < -0.4 is 14.8 Å². The van der Waals surface area contributed by atoms with Gasteiger partial charge in [0.2, 0.25) is 5.91 Å². The minimum atomic E-state index is -0.885. The van der Waals surface area contributed by atoms with Crippen molar-refractivity contribution in [1.29, 1.82) is 0 Å². The maximum atomic E-state index is 11.8. The highest BCUT2D eigenvalue weighted by Crippen LogP contribution is 2.25. The fourth-order valence-electron chi connectivity index (χ4n) is 2.16. The van der Waals surface area contributed by atoms with E-state index in [1.807, 2.05) is 26.0 Å². The van der Waals surface area contributed by atoms with Gasteiger partial charge in [-0.05, 0) is 24.5 Å². The van der Waals surface area contributed by atoms with E-state index in [2.05, 4.69) is 5.32 Å². The quantitative estimate of drug-likeness (QED) is 0.690. The van der Waals surface area contributed by atoms with E-state index < -0.39 is 11.9 Å². The predicted octanol–water partition coefficient (Wildman–Crippen LogP) is 2.33. The number of methoxy groups -OCH3 is 1. The highest BCUT2D eigenvalue weighted by Gasteiger charge is 2.19. The fourth-order valence-corrected chi connectivity index (χ4v) is 2.16. The molecule has 1 atom stereocenters. The van der Waals surface area contributed by atoms with Crippen molar-refractivity contribution in [3.63, 3.8) is 0 Å². The monoisotopic (exact) mass is 323 g/mol. The Labute approximate surface area is 136 Å². The molecule has 0 radical (unpaired) electrons. The van der Waals surface area contributed by atoms with E-state index in [4.69, 9.17) is 14.6 Å². The van der Waals surface area contributed by atoms with Crippen molar-refractivity contribution in [3.8, 4) is 11.5 Å². The number of carbonyl (C=O) groups excluding carboxylic acids is 1. The molecular weight excluding hydrogens is 298 g/mol. The Morgan fingerprint density at radius 1 is 1.22 bits per heavy atom. The van der Waals surface area contributed by atoms with Crippen LogP contribution >= 0.6 is 0 Å². The minimum absolute atomic E-state index is 0.140. The fraction of sp³-hybridized carbons (Fsp3) is 0.529. The average molecular weight is 323 g/mol. The third-order valence-electron chi connectivity index (χ3n) is 3.31. The number of carbonyl (C=O) groups is 2. The van der Waals surface area contributed by atoms with Crippen LogP contribution in [0.5, 0.6) is 11.5 Å². The molecule has 0 aromatic heterocycles. The van der Waals surface area contributed by atoms with Crippen LogP contribution in [-0.2, 0) is 9.59 Å². The summed E-state index contributed by atoms with van der Waals surface area (Å²) in [5.41, 5.74) is 0. The van der Waals surface area contributed by atoms with Gasteiger partial charge < -0.3 is 19.9 Å². The summed E-state index contributed by atoms with van der Waals surface area (Å²) in [5, 5.41) is 11.8. The number of amides is 1. The number of carboxylic acid groups (broad SMARTS) is 1. The predicted molar refractivity (Wildman–Crippen MR) is 86.7 cm³/mol. The molecule has 1 rings (SSSR count). The van der Waals surface area contributed by atoms with Crippen molar-refractivity contribution in [2.75, 3.05) is 20.3 Å². The van der Waals surface area contributed by atoms with E-state index >= 15 is 0 Å². The highest BCUT2D eigenvalue weighted by molar-refractivity contribution is 5.77. The standard InChI is InChI=1S/C17H25NO5/c1-12(2)10-13(17(20)21)11-18-16(19)8-9-23-15-7-5-4-6-14(15)22-3/h4-7,12-13H,8-11H2,1-3H3,(H,18,19)(H,20,21). The topological polar surface area (TPSA) is 84.9 Å². The Kier molecular flexibility index (Phi) is 7.94. The summed E-state index contributed by atoms with van der Waals surface area (Å²) in [6, 6.07) is 7.19. The number of benzene rings is 1. The van der Waals surface area contributed by atoms with Gasteiger partial charge in [0, 0.05) is 6.54 Å². The maximum absolute atomic E-state index is 11.8. The third kappa shape index (κ3) is 7.04. The third-order valence-corrected chi connectivity index (χ3v) is 3.31. The van der Waals surface area contributed by atoms with E-state index in [9.17, 15) is 9.59 Å². The summed E-state index contributed by atoms with van der Waals surface area (Å²) >= 11 is 0. The molecule has 0 aliphatic carbocycles. The van der Waals surface area contributed by atoms with Gasteiger partial charge in [0.05, 0.1) is 26.1 Å². The number of aliphatic carboxylic acids is 1. The molecule has 1 unspecified atom stereocenters. The number of ether oxygens (including phenoxy) is 2. The van der Waals surface area contributed by atoms with E-state index in [0.29, 0.717) is 17.9 Å². The van der Waals surface area contributed by atoms with Gasteiger partial charge in [0.1, 0.15) is 0 Å². The number of nitrogens with one attached hydrogen (secondary N) is 1. The Bertz CT molecular complexity index is 515. The zero-order valence-electron chi connectivity index (χ0n) is 13.9. The summed E-state index contributed by atoms with van der Waals surface area (Å²) in [6.07, 6.45) is 0.694. The molecule has 0 spiro atoms. The number of hydrogen-bond donors (Lipinski definition) is 2. The van der Waals surface area contributed by atoms with E-state index in [0.717, 1.165) is 0 Å². The smallest absolute Gasteiger partial charge is 0.308 e. The molecule has 1 amide bonds. The van der Waals surface area contributed by atoms with Gasteiger partial charge in [0.15, 0.2) is 11.5 Å². The van der Waals surface area contributed by atoms with Crippen molar-refractivity contribution in [2.24, 2.45) is 11.8 Å². The van der Waals surface area contributed by atoms with Crippen LogP contribution in [0.4, 0.5) is 0 Å². The number of carboxylic acids is 1. The molecule has 6 heteroatoms. The lowest BCUT2D eigenvalue weighted by atomic mass is 9.97. The van der Waals surface area contributed by atoms with Crippen LogP contribution in [0.2, 0.25) is 0 Å². The highest BCUT2D eigenvalue weighted by atomic mass is 16.5. The first-order chi connectivity index (χ1) is 10.9. The van der Waals surface area contributed by atoms with E-state index in [1.165, 1.54) is 0 Å². The Balaban J connectivity index is 2.35. The van der Waals surface area contributed by atoms with Gasteiger partial charge in [-0.2, -0.15) is 0 Å². The van der Waals surface area contributed by atoms with Gasteiger partial charge in [0.25, 0.3) is 0 Å². The second-order valence-electron chi connectivity index (χ2n) is 5.72. The van der Waals surface area contributed by atoms with Crippen LogP contribution in [0.1, 0.15) is 26.7 Å². The van der Waals surface area contributed by atoms with Gasteiger partial charge in [-0.1, -0.05) is 26.0 Å². The Morgan fingerprint density at radius 3 is 2.43 bits per heavy atom. The Morgan fingerprint density at radius 2 is 1.87 bits per heavy atom. The summed E-state index contributed by atoms with van der Waals surface area (Å²) < 4.78 is 10.7. The van der Waals surface area contributed by atoms with Crippen molar-refractivity contribution in [1.82, 2.24) is 5.32 Å². The summed E-state index contributed by atoms with van der Waals surface area (Å²) in [6.45, 7) is 4.26. The zero-order chi connectivity index (χ0) is 17.2. The van der Waals surface area contributed by atoms with Crippen LogP contribution in [0.25, 0.3) is 0 Å². The first-order valence-corrected chi connectivity index (χ1v) is 7.69. The lowest BCUT2D eigenvalue weighted by molar-refractivity contribution is -0.142. The Hall–Kier alpha value is -2.24. The van der Waals surface area contributed by atoms with Gasteiger partial charge in [-0.25, -0.2) is 0 Å². The summed E-state index contributed by atoms with van der Waals surface area (Å²) in [4.78, 5) is 22.9. The van der Waals surface area contributed by atoms with Crippen LogP contribution in [0.15, 0.2) is 24.3 Å². The SMILES string of the molecule is COc1ccccc1OCCC(=O)NCC(CC(C)C)C(=O)O. The molecule has 0 saturated carbocycles. The van der Waals surface area contributed by atoms with Gasteiger partial charge in [-0.3, -0.25) is 9.59 Å². The second kappa shape index (κ2) is 9.71. The molecule has 23 heavy (non-hydrogen) atoms. The molecule has 0 bridgehead atoms. The van der Waals surface area contributed by atoms with Crippen molar-refractivity contribution in [3.05, 3.63) is 24.3 Å². The van der Waals surface area contributed by atoms with E-state index in [-0.39, 0.29) is 31.4 Å². The molecule has 0 saturated heterocycles. The van der Waals surface area contributed by atoms with Gasteiger partial charge >= 0.3 is 5.97 Å². The van der Waals surface area contributed by atoms with Gasteiger partial charge in [-0.15, -0.1) is 0 Å². The van der Waals surface area contributed by atoms with Crippen LogP contribution in [0, 0.1) is 11.8 Å². The minimum Gasteiger partial charge on any atom is -0.493 e. The molecule has 1 aromatic carbocycles. The zero-order valence-corrected chi connectivity index (χ0v) is 13.9. The molecule has 0 aliphatic heterocycles. The molecule has 1 aromatic rings. The maximum Gasteiger partial charge on any atom is 0.308 e. The number of para-hydroxylation sites is 2. The number of hydrogen-bond acceptors (Lipinski definition) is 4. The largest absolute Gasteiger partial charge is 0.493 e. The molecule has 0 aliphatic rings. The van der Waals surface area contributed by atoms with Crippen molar-refractivity contribution >= 4 is 11.9 Å². The van der Waals surface area contributed by atoms with Crippen LogP contribution in [-0.4, -0.2) is 37.2 Å². The lowest BCUT2D eigenvalue weighted by Gasteiger charge is -2.15. The average Bonchev–Trinajstić information content (AvgIpc) is 2.51. The lowest BCUT2D eigenvalue weighted by Crippen LogP contribution is -2.34. The molecule has 128 valence electrons. The molecule has 0 heterocycles. The molecule has 6 nitrogen and oxygen atoms in total. The second-order valence-corrected chi connectivity index (χ2v) is 5.72. The summed E-state index contributed by atoms with van der Waals surface area (Å²) in [5.74, 6) is -0.225. The van der Waals surface area contributed by atoms with Crippen molar-refractivity contribution < 1.29 is 24.2 Å². The molecule has 0 fully saturated rings. The van der Waals surface area contributed by atoms with E-state index in [1.54, 1.807) is 19.2 Å². The normalized spacial score (nSPS) is 11.8. The molecular formula is C17H25NO5. The summed E-state index contributed by atoms with van der Waals surface area (Å²) in [7, 11) is 1.55. The first-order valence-electron chi connectivity index (χ1n) is 7.69. The van der Waals surface area contributed by atoms with Crippen LogP contribution in [0.3, 0.4) is 0 Å². The number of rotatable bonds is 10. The molecule has 2 N–H and O–H groups in total. The van der Waals surface area contributed by atoms with Crippen molar-refractivity contribution in [2.45, 2.75) is 26.7 Å².